The summed E-state index contributed by atoms with van der Waals surface area (Å²) < 4.78 is 36.9. The molecule has 0 aliphatic heterocycles. The molecule has 0 unspecified atom stereocenters. The fraction of sp³-hybridized carbons (Fsp3) is 0.125. The first-order valence-electron chi connectivity index (χ1n) is 3.77. The van der Waals surface area contributed by atoms with Crippen molar-refractivity contribution >= 4 is 23.6 Å². The molecule has 0 aliphatic rings. The van der Waals surface area contributed by atoms with Crippen LogP contribution in [0.2, 0.25) is 5.02 Å². The summed E-state index contributed by atoms with van der Waals surface area (Å²) in [7, 11) is 0. The van der Waals surface area contributed by atoms with Crippen LogP contribution in [0.25, 0.3) is 0 Å². The van der Waals surface area contributed by atoms with Gasteiger partial charge in [0.15, 0.2) is 6.29 Å². The van der Waals surface area contributed by atoms with E-state index in [1.54, 1.807) is 0 Å². The fourth-order valence-electron chi connectivity index (χ4n) is 1.01. The number of nitro benzene ring substituents is 1. The number of aldehydes is 1. The third-order valence-corrected chi connectivity index (χ3v) is 2.14. The van der Waals surface area contributed by atoms with Gasteiger partial charge in [0, 0.05) is 11.6 Å². The molecule has 4 nitrogen and oxygen atoms in total. The lowest BCUT2D eigenvalue weighted by atomic mass is 10.1. The topological polar surface area (TPSA) is 60.2 Å². The molecular weight excluding hydrogens is 251 g/mol. The fourth-order valence-corrected chi connectivity index (χ4v) is 1.24. The molecule has 0 fully saturated rings. The van der Waals surface area contributed by atoms with E-state index in [1.165, 1.54) is 0 Å². The monoisotopic (exact) mass is 253 g/mol. The number of nitrogens with zero attached hydrogens (tertiary/aromatic N) is 1. The molecule has 0 aromatic heterocycles. The van der Waals surface area contributed by atoms with Gasteiger partial charge in [0.25, 0.3) is 5.69 Å². The van der Waals surface area contributed by atoms with Gasteiger partial charge < -0.3 is 0 Å². The Hall–Kier alpha value is -1.63. The Kier molecular flexibility index (Phi) is 3.18. The number of carbonyl (C=O) groups excluding carboxylic acids is 1. The summed E-state index contributed by atoms with van der Waals surface area (Å²) in [5.41, 5.74) is -2.80. The molecule has 86 valence electrons. The Morgan fingerprint density at radius 1 is 1.38 bits per heavy atom. The van der Waals surface area contributed by atoms with Crippen LogP contribution >= 0.6 is 11.6 Å². The summed E-state index contributed by atoms with van der Waals surface area (Å²) in [5.74, 6) is 0. The maximum Gasteiger partial charge on any atom is 0.416 e. The summed E-state index contributed by atoms with van der Waals surface area (Å²) in [6.45, 7) is 0. The van der Waals surface area contributed by atoms with E-state index in [4.69, 9.17) is 11.6 Å². The van der Waals surface area contributed by atoms with E-state index < -0.39 is 32.9 Å². The van der Waals surface area contributed by atoms with Gasteiger partial charge in [-0.3, -0.25) is 14.9 Å². The van der Waals surface area contributed by atoms with Crippen LogP contribution in [0.15, 0.2) is 12.1 Å². The molecule has 0 spiro atoms. The minimum Gasteiger partial charge on any atom is -0.298 e. The highest BCUT2D eigenvalue weighted by molar-refractivity contribution is 6.35. The molecule has 0 bridgehead atoms. The molecule has 0 amide bonds. The normalized spacial score (nSPS) is 11.2. The summed E-state index contributed by atoms with van der Waals surface area (Å²) in [5, 5.41) is 9.80. The average molecular weight is 254 g/mol. The van der Waals surface area contributed by atoms with Crippen LogP contribution in [-0.4, -0.2) is 11.2 Å². The van der Waals surface area contributed by atoms with Crippen molar-refractivity contribution in [3.05, 3.63) is 38.4 Å². The molecule has 8 heteroatoms. The van der Waals surface area contributed by atoms with Crippen molar-refractivity contribution in [1.82, 2.24) is 0 Å². The summed E-state index contributed by atoms with van der Waals surface area (Å²) in [6.07, 6.45) is -4.74. The van der Waals surface area contributed by atoms with E-state index in [0.29, 0.717) is 6.07 Å². The Morgan fingerprint density at radius 2 is 1.94 bits per heavy atom. The molecule has 0 N–H and O–H groups in total. The van der Waals surface area contributed by atoms with E-state index in [2.05, 4.69) is 0 Å². The number of halogens is 4. The molecule has 0 saturated heterocycles. The second kappa shape index (κ2) is 4.09. The van der Waals surface area contributed by atoms with Crippen LogP contribution in [0, 0.1) is 10.1 Å². The highest BCUT2D eigenvalue weighted by Crippen LogP contribution is 2.36. The highest BCUT2D eigenvalue weighted by atomic mass is 35.5. The van der Waals surface area contributed by atoms with Gasteiger partial charge in [-0.25, -0.2) is 0 Å². The zero-order valence-electron chi connectivity index (χ0n) is 7.42. The van der Waals surface area contributed by atoms with Crippen molar-refractivity contribution in [3.63, 3.8) is 0 Å². The number of nitro groups is 1. The predicted octanol–water partition coefficient (Wildman–Crippen LogP) is 3.08. The lowest BCUT2D eigenvalue weighted by Crippen LogP contribution is -2.07. The van der Waals surface area contributed by atoms with Gasteiger partial charge in [-0.2, -0.15) is 13.2 Å². The van der Waals surface area contributed by atoms with Crippen LogP contribution in [0.4, 0.5) is 18.9 Å². The Morgan fingerprint density at radius 3 is 2.31 bits per heavy atom. The number of rotatable bonds is 2. The van der Waals surface area contributed by atoms with Crippen LogP contribution in [0.5, 0.6) is 0 Å². The summed E-state index contributed by atoms with van der Waals surface area (Å²) in [4.78, 5) is 19.7. The maximum absolute atomic E-state index is 12.3. The number of carbonyl (C=O) groups is 1. The molecule has 1 aromatic rings. The molecule has 0 atom stereocenters. The number of benzene rings is 1. The zero-order chi connectivity index (χ0) is 12.5. The first-order chi connectivity index (χ1) is 7.27. The molecule has 0 heterocycles. The molecule has 0 aliphatic carbocycles. The van der Waals surface area contributed by atoms with Crippen molar-refractivity contribution in [2.75, 3.05) is 0 Å². The molecular formula is C8H3ClF3NO3. The molecule has 0 saturated carbocycles. The average Bonchev–Trinajstić information content (AvgIpc) is 2.15. The first kappa shape index (κ1) is 12.4. The third kappa shape index (κ3) is 2.30. The van der Waals surface area contributed by atoms with Gasteiger partial charge in [-0.05, 0) is 6.07 Å². The zero-order valence-corrected chi connectivity index (χ0v) is 8.17. The highest BCUT2D eigenvalue weighted by Gasteiger charge is 2.34. The van der Waals surface area contributed by atoms with Crippen LogP contribution in [-0.2, 0) is 6.18 Å². The van der Waals surface area contributed by atoms with Crippen molar-refractivity contribution in [2.45, 2.75) is 6.18 Å². The first-order valence-corrected chi connectivity index (χ1v) is 4.15. The Bertz CT molecular complexity index is 459. The number of hydrogen-bond acceptors (Lipinski definition) is 3. The van der Waals surface area contributed by atoms with E-state index in [-0.39, 0.29) is 12.4 Å². The van der Waals surface area contributed by atoms with E-state index in [9.17, 15) is 28.1 Å². The third-order valence-electron chi connectivity index (χ3n) is 1.73. The molecule has 1 rings (SSSR count). The summed E-state index contributed by atoms with van der Waals surface area (Å²) in [6, 6.07) is 0.748. The second-order valence-electron chi connectivity index (χ2n) is 2.77. The van der Waals surface area contributed by atoms with Crippen molar-refractivity contribution < 1.29 is 22.9 Å². The number of hydrogen-bond donors (Lipinski definition) is 0. The number of alkyl halides is 3. The largest absolute Gasteiger partial charge is 0.416 e. The van der Waals surface area contributed by atoms with Gasteiger partial charge in [-0.15, -0.1) is 0 Å². The van der Waals surface area contributed by atoms with Crippen molar-refractivity contribution in [3.8, 4) is 0 Å². The SMILES string of the molecule is O=Cc1cc(C(F)(F)F)cc([N+](=O)[O-])c1Cl. The van der Waals surface area contributed by atoms with Gasteiger partial charge in [0.2, 0.25) is 0 Å². The van der Waals surface area contributed by atoms with E-state index in [0.717, 1.165) is 0 Å². The van der Waals surface area contributed by atoms with Gasteiger partial charge in [0.1, 0.15) is 5.02 Å². The Labute approximate surface area is 91.8 Å². The van der Waals surface area contributed by atoms with E-state index in [1.807, 2.05) is 0 Å². The van der Waals surface area contributed by atoms with Gasteiger partial charge >= 0.3 is 6.18 Å². The quantitative estimate of drug-likeness (QED) is 0.462. The lowest BCUT2D eigenvalue weighted by Gasteiger charge is -2.08. The van der Waals surface area contributed by atoms with Crippen LogP contribution in [0.3, 0.4) is 0 Å². The van der Waals surface area contributed by atoms with Gasteiger partial charge in [-0.1, -0.05) is 11.6 Å². The van der Waals surface area contributed by atoms with Crippen LogP contribution in [0.1, 0.15) is 15.9 Å². The van der Waals surface area contributed by atoms with Crippen molar-refractivity contribution in [1.29, 1.82) is 0 Å². The molecule has 0 radical (unpaired) electrons. The predicted molar refractivity (Wildman–Crippen MR) is 48.5 cm³/mol. The smallest absolute Gasteiger partial charge is 0.298 e. The lowest BCUT2D eigenvalue weighted by molar-refractivity contribution is -0.385. The van der Waals surface area contributed by atoms with E-state index >= 15 is 0 Å². The van der Waals surface area contributed by atoms with Crippen molar-refractivity contribution in [2.24, 2.45) is 0 Å². The second-order valence-corrected chi connectivity index (χ2v) is 3.15. The van der Waals surface area contributed by atoms with Crippen LogP contribution < -0.4 is 0 Å². The minimum atomic E-state index is -4.77. The molecule has 1 aromatic carbocycles. The summed E-state index contributed by atoms with van der Waals surface area (Å²) >= 11 is 5.39. The van der Waals surface area contributed by atoms with Gasteiger partial charge in [0.05, 0.1) is 10.5 Å². The standard InChI is InChI=1S/C8H3ClF3NO3/c9-7-4(3-14)1-5(8(10,11)12)2-6(7)13(15)16/h1-3H. The molecule has 16 heavy (non-hydrogen) atoms. The minimum absolute atomic E-state index is 0.0323. The maximum atomic E-state index is 12.3. The Balaban J connectivity index is 3.52.